The topological polar surface area (TPSA) is 78.9 Å². The van der Waals surface area contributed by atoms with E-state index in [4.69, 9.17) is 9.84 Å². The zero-order valence-electron chi connectivity index (χ0n) is 13.1. The zero-order valence-corrected chi connectivity index (χ0v) is 13.1. The fourth-order valence-electron chi connectivity index (χ4n) is 3.11. The molecule has 2 saturated heterocycles. The highest BCUT2D eigenvalue weighted by Gasteiger charge is 2.40. The van der Waals surface area contributed by atoms with Crippen LogP contribution in [0.2, 0.25) is 0 Å². The van der Waals surface area contributed by atoms with Crippen LogP contribution in [0.15, 0.2) is 0 Å². The molecule has 0 saturated carbocycles. The lowest BCUT2D eigenvalue weighted by molar-refractivity contribution is -0.140. The minimum Gasteiger partial charge on any atom is -0.480 e. The Labute approximate surface area is 125 Å². The number of ether oxygens (including phenoxy) is 1. The van der Waals surface area contributed by atoms with Crippen molar-refractivity contribution in [3.05, 3.63) is 0 Å². The Kier molecular flexibility index (Phi) is 4.46. The van der Waals surface area contributed by atoms with Crippen LogP contribution in [0.1, 0.15) is 46.5 Å². The van der Waals surface area contributed by atoms with Crippen LogP contribution < -0.4 is 5.32 Å². The first-order valence-corrected chi connectivity index (χ1v) is 7.65. The summed E-state index contributed by atoms with van der Waals surface area (Å²) < 4.78 is 5.40. The number of nitrogens with zero attached hydrogens (tertiary/aromatic N) is 1. The first-order valence-electron chi connectivity index (χ1n) is 7.65. The van der Waals surface area contributed by atoms with E-state index in [0.717, 1.165) is 25.8 Å². The Morgan fingerprint density at radius 2 is 1.86 bits per heavy atom. The van der Waals surface area contributed by atoms with Gasteiger partial charge in [0.15, 0.2) is 0 Å². The van der Waals surface area contributed by atoms with Crippen molar-refractivity contribution in [3.8, 4) is 0 Å². The third-order valence-electron chi connectivity index (χ3n) is 4.46. The summed E-state index contributed by atoms with van der Waals surface area (Å²) in [6.07, 6.45) is 3.16. The van der Waals surface area contributed by atoms with Crippen LogP contribution >= 0.6 is 0 Å². The number of hydrogen-bond donors (Lipinski definition) is 2. The lowest BCUT2D eigenvalue weighted by Gasteiger charge is -2.45. The molecule has 2 heterocycles. The summed E-state index contributed by atoms with van der Waals surface area (Å²) in [6.45, 7) is 7.71. The summed E-state index contributed by atoms with van der Waals surface area (Å²) in [4.78, 5) is 24.8. The molecule has 0 aliphatic carbocycles. The number of piperidine rings is 2. The van der Waals surface area contributed by atoms with Crippen LogP contribution in [0.4, 0.5) is 4.79 Å². The molecular formula is C15H26N2O4. The number of nitrogens with one attached hydrogen (secondary N) is 1. The molecule has 1 atom stereocenters. The predicted molar refractivity (Wildman–Crippen MR) is 78.1 cm³/mol. The van der Waals surface area contributed by atoms with E-state index in [1.807, 2.05) is 20.8 Å². The highest BCUT2D eigenvalue weighted by atomic mass is 16.6. The highest BCUT2D eigenvalue weighted by Crippen LogP contribution is 2.38. The number of likely N-dealkylation sites (tertiary alicyclic amines) is 1. The van der Waals surface area contributed by atoms with Gasteiger partial charge in [0.25, 0.3) is 0 Å². The van der Waals surface area contributed by atoms with Gasteiger partial charge in [-0.1, -0.05) is 0 Å². The van der Waals surface area contributed by atoms with Crippen molar-refractivity contribution in [1.82, 2.24) is 10.2 Å². The summed E-state index contributed by atoms with van der Waals surface area (Å²) >= 11 is 0. The molecule has 0 aromatic heterocycles. The molecule has 120 valence electrons. The van der Waals surface area contributed by atoms with Crippen molar-refractivity contribution in [1.29, 1.82) is 0 Å². The molecule has 1 unspecified atom stereocenters. The van der Waals surface area contributed by atoms with E-state index in [-0.39, 0.29) is 11.5 Å². The molecule has 0 bridgehead atoms. The molecule has 6 nitrogen and oxygen atoms in total. The van der Waals surface area contributed by atoms with Crippen molar-refractivity contribution in [3.63, 3.8) is 0 Å². The van der Waals surface area contributed by atoms with E-state index in [2.05, 4.69) is 5.32 Å². The van der Waals surface area contributed by atoms with E-state index < -0.39 is 17.6 Å². The van der Waals surface area contributed by atoms with Crippen molar-refractivity contribution >= 4 is 12.1 Å². The van der Waals surface area contributed by atoms with Crippen LogP contribution in [0.5, 0.6) is 0 Å². The molecule has 1 amide bonds. The normalized spacial score (nSPS) is 25.7. The Bertz CT molecular complexity index is 398. The monoisotopic (exact) mass is 298 g/mol. The maximum atomic E-state index is 12.0. The number of amides is 1. The van der Waals surface area contributed by atoms with Gasteiger partial charge < -0.3 is 20.1 Å². The summed E-state index contributed by atoms with van der Waals surface area (Å²) in [6, 6.07) is -0.417. The van der Waals surface area contributed by atoms with Crippen LogP contribution in [0.25, 0.3) is 0 Å². The van der Waals surface area contributed by atoms with Gasteiger partial charge in [-0.25, -0.2) is 4.79 Å². The van der Waals surface area contributed by atoms with E-state index in [1.54, 1.807) is 4.90 Å². The van der Waals surface area contributed by atoms with Gasteiger partial charge in [-0.3, -0.25) is 4.79 Å². The fourth-order valence-corrected chi connectivity index (χ4v) is 3.11. The maximum absolute atomic E-state index is 12.0. The second-order valence-electron chi connectivity index (χ2n) is 7.28. The minimum atomic E-state index is -0.768. The van der Waals surface area contributed by atoms with Crippen LogP contribution in [0, 0.1) is 5.41 Å². The number of rotatable bonds is 1. The Morgan fingerprint density at radius 3 is 2.29 bits per heavy atom. The van der Waals surface area contributed by atoms with Crippen LogP contribution in [-0.2, 0) is 9.53 Å². The molecule has 2 fully saturated rings. The van der Waals surface area contributed by atoms with Gasteiger partial charge >= 0.3 is 12.1 Å². The highest BCUT2D eigenvalue weighted by molar-refractivity contribution is 5.73. The second-order valence-corrected chi connectivity index (χ2v) is 7.28. The largest absolute Gasteiger partial charge is 0.480 e. The Balaban J connectivity index is 1.84. The summed E-state index contributed by atoms with van der Waals surface area (Å²) in [5.41, 5.74) is -0.322. The molecule has 21 heavy (non-hydrogen) atoms. The first kappa shape index (κ1) is 16.1. The second kappa shape index (κ2) is 5.83. The third kappa shape index (κ3) is 4.09. The van der Waals surface area contributed by atoms with Gasteiger partial charge in [0.1, 0.15) is 11.6 Å². The van der Waals surface area contributed by atoms with Gasteiger partial charge in [-0.15, -0.1) is 0 Å². The van der Waals surface area contributed by atoms with E-state index in [1.165, 1.54) is 0 Å². The standard InChI is InChI=1S/C15H26N2O4/c1-14(2,3)21-13(20)17-8-6-15(7-9-17)5-4-11(12(18)19)16-10-15/h11,16H,4-10H2,1-3H3,(H,18,19). The number of carboxylic acid groups (broad SMARTS) is 1. The fraction of sp³-hybridized carbons (Fsp3) is 0.867. The zero-order chi connectivity index (χ0) is 15.7. The molecule has 2 N–H and O–H groups in total. The SMILES string of the molecule is CC(C)(C)OC(=O)N1CCC2(CCC(C(=O)O)NC2)CC1. The predicted octanol–water partition coefficient (Wildman–Crippen LogP) is 1.84. The molecule has 2 rings (SSSR count). The van der Waals surface area contributed by atoms with Crippen molar-refractivity contribution in [2.75, 3.05) is 19.6 Å². The van der Waals surface area contributed by atoms with E-state index in [0.29, 0.717) is 19.5 Å². The van der Waals surface area contributed by atoms with Crippen molar-refractivity contribution in [2.24, 2.45) is 5.41 Å². The molecule has 1 spiro atoms. The van der Waals surface area contributed by atoms with Gasteiger partial charge in [0.05, 0.1) is 0 Å². The lowest BCUT2D eigenvalue weighted by Crippen LogP contribution is -2.54. The third-order valence-corrected chi connectivity index (χ3v) is 4.46. The molecule has 0 aromatic carbocycles. The van der Waals surface area contributed by atoms with E-state index >= 15 is 0 Å². The van der Waals surface area contributed by atoms with E-state index in [9.17, 15) is 9.59 Å². The molecule has 2 aliphatic heterocycles. The van der Waals surface area contributed by atoms with Crippen LogP contribution in [-0.4, -0.2) is 53.3 Å². The molecule has 2 aliphatic rings. The van der Waals surface area contributed by atoms with Gasteiger partial charge in [0, 0.05) is 19.6 Å². The molecule has 0 aromatic rings. The van der Waals surface area contributed by atoms with Gasteiger partial charge in [0.2, 0.25) is 0 Å². The summed E-state index contributed by atoms with van der Waals surface area (Å²) in [5.74, 6) is -0.768. The first-order chi connectivity index (χ1) is 9.71. The van der Waals surface area contributed by atoms with Gasteiger partial charge in [-0.2, -0.15) is 0 Å². The number of aliphatic carboxylic acids is 1. The number of carbonyl (C=O) groups is 2. The molecule has 0 radical (unpaired) electrons. The van der Waals surface area contributed by atoms with Crippen molar-refractivity contribution in [2.45, 2.75) is 58.1 Å². The average molecular weight is 298 g/mol. The Morgan fingerprint density at radius 1 is 1.24 bits per heavy atom. The molecule has 6 heteroatoms. The van der Waals surface area contributed by atoms with Gasteiger partial charge in [-0.05, 0) is 51.9 Å². The number of carbonyl (C=O) groups excluding carboxylic acids is 1. The number of hydrogen-bond acceptors (Lipinski definition) is 4. The summed E-state index contributed by atoms with van der Waals surface area (Å²) in [7, 11) is 0. The van der Waals surface area contributed by atoms with Crippen molar-refractivity contribution < 1.29 is 19.4 Å². The maximum Gasteiger partial charge on any atom is 0.410 e. The smallest absolute Gasteiger partial charge is 0.410 e. The minimum absolute atomic E-state index is 0.143. The quantitative estimate of drug-likeness (QED) is 0.772. The molecular weight excluding hydrogens is 272 g/mol. The number of carboxylic acids is 1. The lowest BCUT2D eigenvalue weighted by atomic mass is 9.72. The van der Waals surface area contributed by atoms with Crippen LogP contribution in [0.3, 0.4) is 0 Å². The Hall–Kier alpha value is -1.30. The summed E-state index contributed by atoms with van der Waals surface area (Å²) in [5, 5.41) is 12.1. The average Bonchev–Trinajstić information content (AvgIpc) is 2.38.